The lowest BCUT2D eigenvalue weighted by Crippen LogP contribution is -2.52. The number of benzene rings is 2. The Hall–Kier alpha value is -3.79. The third-order valence-corrected chi connectivity index (χ3v) is 8.57. The number of halogens is 2. The van der Waals surface area contributed by atoms with Gasteiger partial charge in [0.1, 0.15) is 23.8 Å². The molecule has 2 saturated heterocycles. The fourth-order valence-electron chi connectivity index (χ4n) is 5.87. The highest BCUT2D eigenvalue weighted by atomic mass is 35.5. The Morgan fingerprint density at radius 2 is 1.60 bits per heavy atom. The molecule has 0 spiro atoms. The molecule has 0 amide bonds. The summed E-state index contributed by atoms with van der Waals surface area (Å²) in [5.74, 6) is 0.882. The summed E-state index contributed by atoms with van der Waals surface area (Å²) in [6, 6.07) is 16.8. The molecule has 0 aliphatic carbocycles. The van der Waals surface area contributed by atoms with E-state index >= 15 is 0 Å². The van der Waals surface area contributed by atoms with E-state index in [0.717, 1.165) is 37.6 Å². The largest absolute Gasteiger partial charge is 0.371 e. The van der Waals surface area contributed by atoms with Crippen molar-refractivity contribution >= 4 is 40.3 Å². The molecule has 8 nitrogen and oxygen atoms in total. The maximum atomic E-state index is 14.3. The molecule has 2 aromatic carbocycles. The standard InChI is InChI=1S/C32H36ClFN8/c1-22-17-29(26(33)19-30(22)42-11-8-24(9-12-42)41-15-13-40(2)14-16-41)39-32-20-31(36-21-37-32)38-23-7-10-35-28(18-23)25-5-3-4-6-27(25)34/h3-7,10,17-21,24H,8-9,11-16H2,1-2H3,(H2,35,36,37,38,39). The topological polar surface area (TPSA) is 72.4 Å². The molecule has 2 fully saturated rings. The number of aryl methyl sites for hydroxylation is 1. The zero-order valence-electron chi connectivity index (χ0n) is 24.0. The molecule has 4 aromatic rings. The summed E-state index contributed by atoms with van der Waals surface area (Å²) in [5.41, 5.74) is 4.87. The van der Waals surface area contributed by atoms with Gasteiger partial charge in [-0.25, -0.2) is 14.4 Å². The van der Waals surface area contributed by atoms with Gasteiger partial charge in [0.2, 0.25) is 0 Å². The summed E-state index contributed by atoms with van der Waals surface area (Å²) in [6.45, 7) is 8.87. The lowest BCUT2D eigenvalue weighted by atomic mass is 10.0. The number of nitrogens with zero attached hydrogens (tertiary/aromatic N) is 6. The van der Waals surface area contributed by atoms with Crippen LogP contribution in [0.3, 0.4) is 0 Å². The Balaban J connectivity index is 1.11. The molecular weight excluding hydrogens is 551 g/mol. The summed E-state index contributed by atoms with van der Waals surface area (Å²) < 4.78 is 14.3. The predicted octanol–water partition coefficient (Wildman–Crippen LogP) is 6.34. The molecule has 2 aliphatic rings. The smallest absolute Gasteiger partial charge is 0.135 e. The van der Waals surface area contributed by atoms with Crippen LogP contribution in [0.15, 0.2) is 67.1 Å². The van der Waals surface area contributed by atoms with Crippen LogP contribution in [-0.4, -0.2) is 77.1 Å². The van der Waals surface area contributed by atoms with E-state index in [-0.39, 0.29) is 5.82 Å². The van der Waals surface area contributed by atoms with E-state index in [1.54, 1.807) is 30.5 Å². The van der Waals surface area contributed by atoms with Gasteiger partial charge in [0.15, 0.2) is 0 Å². The second kappa shape index (κ2) is 12.6. The van der Waals surface area contributed by atoms with Crippen molar-refractivity contribution in [2.24, 2.45) is 0 Å². The van der Waals surface area contributed by atoms with Crippen LogP contribution in [0.1, 0.15) is 18.4 Å². The van der Waals surface area contributed by atoms with E-state index in [9.17, 15) is 4.39 Å². The molecule has 2 aliphatic heterocycles. The summed E-state index contributed by atoms with van der Waals surface area (Å²) in [7, 11) is 2.21. The molecular formula is C32H36ClFN8. The van der Waals surface area contributed by atoms with E-state index in [2.05, 4.69) is 66.4 Å². The van der Waals surface area contributed by atoms with Crippen molar-refractivity contribution in [3.8, 4) is 11.3 Å². The third kappa shape index (κ3) is 6.48. The van der Waals surface area contributed by atoms with Gasteiger partial charge >= 0.3 is 0 Å². The first-order chi connectivity index (χ1) is 20.4. The van der Waals surface area contributed by atoms with Crippen molar-refractivity contribution < 1.29 is 4.39 Å². The lowest BCUT2D eigenvalue weighted by Gasteiger charge is -2.43. The highest BCUT2D eigenvalue weighted by Crippen LogP contribution is 2.35. The highest BCUT2D eigenvalue weighted by Gasteiger charge is 2.27. The fraction of sp³-hybridized carbons (Fsp3) is 0.344. The second-order valence-electron chi connectivity index (χ2n) is 11.1. The Morgan fingerprint density at radius 1 is 0.857 bits per heavy atom. The summed E-state index contributed by atoms with van der Waals surface area (Å²) >= 11 is 6.79. The maximum Gasteiger partial charge on any atom is 0.135 e. The average molecular weight is 587 g/mol. The highest BCUT2D eigenvalue weighted by molar-refractivity contribution is 6.33. The number of piperidine rings is 1. The minimum atomic E-state index is -0.316. The number of hydrogen-bond donors (Lipinski definition) is 2. The average Bonchev–Trinajstić information content (AvgIpc) is 3.00. The van der Waals surface area contributed by atoms with Crippen LogP contribution >= 0.6 is 11.6 Å². The van der Waals surface area contributed by atoms with Crippen LogP contribution < -0.4 is 15.5 Å². The van der Waals surface area contributed by atoms with Gasteiger partial charge in [0, 0.05) is 74.5 Å². The number of piperazine rings is 1. The first kappa shape index (κ1) is 28.3. The molecule has 0 unspecified atom stereocenters. The molecule has 2 aromatic heterocycles. The van der Waals surface area contributed by atoms with Gasteiger partial charge in [0.05, 0.1) is 16.4 Å². The van der Waals surface area contributed by atoms with Crippen molar-refractivity contribution in [2.75, 3.05) is 61.8 Å². The monoisotopic (exact) mass is 586 g/mol. The van der Waals surface area contributed by atoms with Gasteiger partial charge in [-0.1, -0.05) is 23.7 Å². The van der Waals surface area contributed by atoms with Crippen LogP contribution in [-0.2, 0) is 0 Å². The Kier molecular flexibility index (Phi) is 8.51. The number of aromatic nitrogens is 3. The first-order valence-electron chi connectivity index (χ1n) is 14.5. The van der Waals surface area contributed by atoms with Crippen molar-refractivity contribution in [1.82, 2.24) is 24.8 Å². The summed E-state index contributed by atoms with van der Waals surface area (Å²) in [4.78, 5) is 20.6. The molecule has 0 saturated carbocycles. The molecule has 0 bridgehead atoms. The molecule has 6 rings (SSSR count). The Bertz CT molecular complexity index is 1530. The maximum absolute atomic E-state index is 14.3. The van der Waals surface area contributed by atoms with Gasteiger partial charge in [-0.15, -0.1) is 0 Å². The normalized spacial score (nSPS) is 16.9. The zero-order chi connectivity index (χ0) is 29.1. The number of pyridine rings is 1. The number of likely N-dealkylation sites (N-methyl/N-ethyl adjacent to an activating group) is 1. The number of rotatable bonds is 7. The fourth-order valence-corrected chi connectivity index (χ4v) is 6.08. The zero-order valence-corrected chi connectivity index (χ0v) is 24.8. The van der Waals surface area contributed by atoms with Crippen molar-refractivity contribution in [3.05, 3.63) is 83.5 Å². The molecule has 10 heteroatoms. The van der Waals surface area contributed by atoms with Crippen LogP contribution in [0.5, 0.6) is 0 Å². The minimum Gasteiger partial charge on any atom is -0.371 e. The van der Waals surface area contributed by atoms with Gasteiger partial charge < -0.3 is 20.4 Å². The molecule has 2 N–H and O–H groups in total. The summed E-state index contributed by atoms with van der Waals surface area (Å²) in [6.07, 6.45) is 5.49. The van der Waals surface area contributed by atoms with Crippen molar-refractivity contribution in [2.45, 2.75) is 25.8 Å². The van der Waals surface area contributed by atoms with E-state index in [0.29, 0.717) is 34.0 Å². The van der Waals surface area contributed by atoms with Gasteiger partial charge in [0.25, 0.3) is 0 Å². The van der Waals surface area contributed by atoms with Crippen LogP contribution in [0.4, 0.5) is 33.1 Å². The van der Waals surface area contributed by atoms with Gasteiger partial charge in [-0.05, 0) is 68.8 Å². The predicted molar refractivity (Wildman–Crippen MR) is 169 cm³/mol. The lowest BCUT2D eigenvalue weighted by molar-refractivity contribution is 0.0982. The number of hydrogen-bond acceptors (Lipinski definition) is 8. The van der Waals surface area contributed by atoms with E-state index in [1.807, 2.05) is 12.1 Å². The first-order valence-corrected chi connectivity index (χ1v) is 14.9. The van der Waals surface area contributed by atoms with Gasteiger partial charge in [-0.2, -0.15) is 0 Å². The van der Waals surface area contributed by atoms with Crippen molar-refractivity contribution in [3.63, 3.8) is 0 Å². The quantitative estimate of drug-likeness (QED) is 0.260. The molecule has 4 heterocycles. The Labute approximate surface area is 251 Å². The van der Waals surface area contributed by atoms with E-state index in [4.69, 9.17) is 11.6 Å². The summed E-state index contributed by atoms with van der Waals surface area (Å²) in [5, 5.41) is 7.27. The van der Waals surface area contributed by atoms with E-state index < -0.39 is 0 Å². The third-order valence-electron chi connectivity index (χ3n) is 8.26. The molecule has 218 valence electrons. The number of nitrogens with one attached hydrogen (secondary N) is 2. The number of anilines is 5. The van der Waals surface area contributed by atoms with E-state index in [1.165, 1.54) is 49.6 Å². The molecule has 42 heavy (non-hydrogen) atoms. The van der Waals surface area contributed by atoms with Crippen LogP contribution in [0.2, 0.25) is 5.02 Å². The van der Waals surface area contributed by atoms with Crippen LogP contribution in [0, 0.1) is 12.7 Å². The van der Waals surface area contributed by atoms with Crippen LogP contribution in [0.25, 0.3) is 11.3 Å². The molecule has 0 atom stereocenters. The molecule has 0 radical (unpaired) electrons. The second-order valence-corrected chi connectivity index (χ2v) is 11.5. The van der Waals surface area contributed by atoms with Crippen molar-refractivity contribution in [1.29, 1.82) is 0 Å². The SMILES string of the molecule is Cc1cc(Nc2cc(Nc3ccnc(-c4ccccc4F)c3)ncn2)c(Cl)cc1N1CCC(N2CCN(C)CC2)CC1. The van der Waals surface area contributed by atoms with Gasteiger partial charge in [-0.3, -0.25) is 9.88 Å². The Morgan fingerprint density at radius 3 is 2.36 bits per heavy atom. The minimum absolute atomic E-state index is 0.316.